The molecule has 43 heavy (non-hydrogen) atoms. The Bertz CT molecular complexity index is 1770. The largest absolute Gasteiger partial charge is 0.321 e. The Balaban J connectivity index is 1.26. The number of aromatic nitrogens is 1. The average molecular weight is 666 g/mol. The highest BCUT2D eigenvalue weighted by Crippen LogP contribution is 2.29. The van der Waals surface area contributed by atoms with E-state index in [1.807, 2.05) is 29.0 Å². The minimum atomic E-state index is -0.578. The van der Waals surface area contributed by atoms with Crippen LogP contribution in [-0.2, 0) is 9.59 Å². The number of thiazole rings is 1. The summed E-state index contributed by atoms with van der Waals surface area (Å²) in [7, 11) is 0. The molecule has 0 aliphatic rings. The number of hydrogen-bond donors (Lipinski definition) is 3. The fraction of sp³-hybridized carbons (Fsp3) is 0.0323. The lowest BCUT2D eigenvalue weighted by molar-refractivity contribution is -0.114. The van der Waals surface area contributed by atoms with Gasteiger partial charge in [0.2, 0.25) is 5.91 Å². The molecule has 0 unspecified atom stereocenters. The number of nitrogens with zero attached hydrogens (tertiary/aromatic N) is 1. The van der Waals surface area contributed by atoms with Gasteiger partial charge < -0.3 is 16.0 Å². The number of carbonyl (C=O) groups is 3. The lowest BCUT2D eigenvalue weighted by Crippen LogP contribution is -2.30. The van der Waals surface area contributed by atoms with Crippen molar-refractivity contribution in [3.63, 3.8) is 0 Å². The van der Waals surface area contributed by atoms with Crippen LogP contribution in [0.15, 0.2) is 106 Å². The SMILES string of the molecule is O=C(CSc1cccc(NC(=O)/C(=C\c2c(Cl)cccc2Cl)NC(=O)c2ccccc2)c1)Nc1nc(-c2cccs2)cs1. The fourth-order valence-corrected chi connectivity index (χ4v) is 6.52. The van der Waals surface area contributed by atoms with Crippen molar-refractivity contribution >= 4 is 92.3 Å². The molecule has 0 saturated heterocycles. The third kappa shape index (κ3) is 8.34. The maximum Gasteiger partial charge on any atom is 0.272 e. The number of carbonyl (C=O) groups excluding carboxylic acids is 3. The molecular formula is C31H22Cl2N4O3S3. The normalized spacial score (nSPS) is 11.2. The zero-order chi connectivity index (χ0) is 30.2. The lowest BCUT2D eigenvalue weighted by atomic mass is 10.1. The number of benzene rings is 3. The topological polar surface area (TPSA) is 100 Å². The molecule has 2 aromatic heterocycles. The van der Waals surface area contributed by atoms with Crippen molar-refractivity contribution in [2.75, 3.05) is 16.4 Å². The van der Waals surface area contributed by atoms with E-state index in [1.165, 1.54) is 29.2 Å². The molecule has 0 spiro atoms. The summed E-state index contributed by atoms with van der Waals surface area (Å²) in [4.78, 5) is 45.2. The summed E-state index contributed by atoms with van der Waals surface area (Å²) in [6, 6.07) is 24.5. The minimum absolute atomic E-state index is 0.0494. The summed E-state index contributed by atoms with van der Waals surface area (Å²) in [5, 5.41) is 13.4. The van der Waals surface area contributed by atoms with E-state index in [1.54, 1.807) is 78.1 Å². The number of amides is 3. The summed E-state index contributed by atoms with van der Waals surface area (Å²) in [5.41, 5.74) is 2.02. The molecule has 0 saturated carbocycles. The van der Waals surface area contributed by atoms with E-state index in [4.69, 9.17) is 23.2 Å². The number of rotatable bonds is 10. The van der Waals surface area contributed by atoms with Crippen molar-refractivity contribution in [3.8, 4) is 10.6 Å². The highest BCUT2D eigenvalue weighted by atomic mass is 35.5. The first-order valence-corrected chi connectivity index (χ1v) is 16.2. The van der Waals surface area contributed by atoms with Crippen molar-refractivity contribution < 1.29 is 14.4 Å². The molecule has 3 N–H and O–H groups in total. The van der Waals surface area contributed by atoms with Crippen molar-refractivity contribution in [3.05, 3.63) is 123 Å². The van der Waals surface area contributed by atoms with Gasteiger partial charge >= 0.3 is 0 Å². The average Bonchev–Trinajstić information content (AvgIpc) is 3.71. The first-order valence-electron chi connectivity index (χ1n) is 12.7. The second-order valence-electron chi connectivity index (χ2n) is 8.85. The molecule has 5 aromatic rings. The van der Waals surface area contributed by atoms with Crippen LogP contribution in [-0.4, -0.2) is 28.5 Å². The van der Waals surface area contributed by atoms with Gasteiger partial charge in [-0.05, 0) is 60.0 Å². The highest BCUT2D eigenvalue weighted by molar-refractivity contribution is 8.00. The Morgan fingerprint density at radius 3 is 2.37 bits per heavy atom. The zero-order valence-corrected chi connectivity index (χ0v) is 26.1. The predicted octanol–water partition coefficient (Wildman–Crippen LogP) is 8.32. The summed E-state index contributed by atoms with van der Waals surface area (Å²) < 4.78 is 0. The first kappa shape index (κ1) is 30.5. The van der Waals surface area contributed by atoms with Gasteiger partial charge in [0.25, 0.3) is 11.8 Å². The van der Waals surface area contributed by atoms with Crippen LogP contribution in [0.4, 0.5) is 10.8 Å². The number of halogens is 2. The third-order valence-electron chi connectivity index (χ3n) is 5.80. The molecule has 3 amide bonds. The van der Waals surface area contributed by atoms with Crippen molar-refractivity contribution in [2.45, 2.75) is 4.90 Å². The molecule has 12 heteroatoms. The number of thioether (sulfide) groups is 1. The maximum atomic E-state index is 13.4. The summed E-state index contributed by atoms with van der Waals surface area (Å²) in [6.45, 7) is 0. The number of thiophene rings is 1. The third-order valence-corrected chi connectivity index (χ3v) is 9.11. The highest BCUT2D eigenvalue weighted by Gasteiger charge is 2.17. The first-order chi connectivity index (χ1) is 20.9. The lowest BCUT2D eigenvalue weighted by Gasteiger charge is -2.13. The smallest absolute Gasteiger partial charge is 0.272 e. The second kappa shape index (κ2) is 14.5. The van der Waals surface area contributed by atoms with E-state index in [2.05, 4.69) is 20.9 Å². The van der Waals surface area contributed by atoms with E-state index >= 15 is 0 Å². The van der Waals surface area contributed by atoms with Gasteiger partial charge in [0.1, 0.15) is 5.70 Å². The molecule has 0 aliphatic heterocycles. The van der Waals surface area contributed by atoms with Gasteiger partial charge in [0.05, 0.1) is 16.3 Å². The second-order valence-corrected chi connectivity index (χ2v) is 12.5. The van der Waals surface area contributed by atoms with Crippen LogP contribution in [0.25, 0.3) is 16.6 Å². The molecule has 216 valence electrons. The van der Waals surface area contributed by atoms with E-state index in [0.717, 1.165) is 15.5 Å². The summed E-state index contributed by atoms with van der Waals surface area (Å²) >= 11 is 16.9. The predicted molar refractivity (Wildman–Crippen MR) is 178 cm³/mol. The van der Waals surface area contributed by atoms with Gasteiger partial charge in [-0.15, -0.1) is 34.4 Å². The Kier molecular flexibility index (Phi) is 10.3. The van der Waals surface area contributed by atoms with E-state index < -0.39 is 11.8 Å². The van der Waals surface area contributed by atoms with E-state index in [-0.39, 0.29) is 17.4 Å². The maximum absolute atomic E-state index is 13.4. The molecule has 0 atom stereocenters. The standard InChI is InChI=1S/C31H22Cl2N4O3S3/c32-23-11-5-12-24(33)22(23)16-25(35-29(39)19-7-2-1-3-8-19)30(40)34-20-9-4-10-21(15-20)42-18-28(38)37-31-36-26(17-43-31)27-13-6-14-41-27/h1-17H,18H2,(H,34,40)(H,35,39)(H,36,37,38)/b25-16+. The molecule has 0 bridgehead atoms. The number of anilines is 2. The van der Waals surface area contributed by atoms with Crippen molar-refractivity contribution in [1.82, 2.24) is 10.3 Å². The van der Waals surface area contributed by atoms with Gasteiger partial charge in [0, 0.05) is 37.1 Å². The molecule has 5 rings (SSSR count). The summed E-state index contributed by atoms with van der Waals surface area (Å²) in [6.07, 6.45) is 1.44. The van der Waals surface area contributed by atoms with Crippen LogP contribution in [0.5, 0.6) is 0 Å². The van der Waals surface area contributed by atoms with Crippen LogP contribution in [0.2, 0.25) is 10.0 Å². The molecule has 3 aromatic carbocycles. The Hall–Kier alpha value is -3.93. The molecule has 0 fully saturated rings. The Morgan fingerprint density at radius 2 is 1.63 bits per heavy atom. The fourth-order valence-electron chi connectivity index (χ4n) is 3.77. The van der Waals surface area contributed by atoms with Crippen LogP contribution in [0, 0.1) is 0 Å². The Morgan fingerprint density at radius 1 is 0.860 bits per heavy atom. The van der Waals surface area contributed by atoms with Crippen LogP contribution >= 0.6 is 57.6 Å². The van der Waals surface area contributed by atoms with E-state index in [9.17, 15) is 14.4 Å². The van der Waals surface area contributed by atoms with Crippen LogP contribution in [0.1, 0.15) is 15.9 Å². The van der Waals surface area contributed by atoms with Crippen molar-refractivity contribution in [1.29, 1.82) is 0 Å². The molecular weight excluding hydrogens is 643 g/mol. The van der Waals surface area contributed by atoms with E-state index in [0.29, 0.717) is 32.0 Å². The van der Waals surface area contributed by atoms with Gasteiger partial charge in [-0.1, -0.05) is 59.6 Å². The van der Waals surface area contributed by atoms with Crippen LogP contribution < -0.4 is 16.0 Å². The monoisotopic (exact) mass is 664 g/mol. The number of nitrogens with one attached hydrogen (secondary N) is 3. The van der Waals surface area contributed by atoms with Gasteiger partial charge in [-0.2, -0.15) is 0 Å². The Labute approximate surface area is 270 Å². The molecule has 0 radical (unpaired) electrons. The zero-order valence-electron chi connectivity index (χ0n) is 22.2. The quantitative estimate of drug-likeness (QED) is 0.103. The van der Waals surface area contributed by atoms with Crippen LogP contribution in [0.3, 0.4) is 0 Å². The van der Waals surface area contributed by atoms with Gasteiger partial charge in [-0.25, -0.2) is 4.98 Å². The molecule has 7 nitrogen and oxygen atoms in total. The summed E-state index contributed by atoms with van der Waals surface area (Å²) in [5.74, 6) is -1.10. The molecule has 2 heterocycles. The van der Waals surface area contributed by atoms with Gasteiger partial charge in [0.15, 0.2) is 5.13 Å². The van der Waals surface area contributed by atoms with Crippen molar-refractivity contribution in [2.24, 2.45) is 0 Å². The molecule has 0 aliphatic carbocycles. The number of hydrogen-bond acceptors (Lipinski definition) is 7. The van der Waals surface area contributed by atoms with Gasteiger partial charge in [-0.3, -0.25) is 14.4 Å². The minimum Gasteiger partial charge on any atom is -0.321 e.